The van der Waals surface area contributed by atoms with Gasteiger partial charge in [0.05, 0.1) is 23.3 Å². The monoisotopic (exact) mass is 486 g/mol. The number of aromatic hydroxyl groups is 2. The molecule has 1 aliphatic rings. The summed E-state index contributed by atoms with van der Waals surface area (Å²) in [6, 6.07) is 15.8. The largest absolute Gasteiger partial charge is 0.508 e. The van der Waals surface area contributed by atoms with Gasteiger partial charge in [-0.2, -0.15) is 5.10 Å². The van der Waals surface area contributed by atoms with E-state index in [4.69, 9.17) is 9.73 Å². The van der Waals surface area contributed by atoms with Gasteiger partial charge in [-0.05, 0) is 67.4 Å². The summed E-state index contributed by atoms with van der Waals surface area (Å²) in [5, 5.41) is 29.2. The molecule has 0 radical (unpaired) electrons. The smallest absolute Gasteiger partial charge is 0.262 e. The van der Waals surface area contributed by atoms with Crippen LogP contribution in [0.25, 0.3) is 11.3 Å². The van der Waals surface area contributed by atoms with Crippen molar-refractivity contribution >= 4 is 34.8 Å². The molecule has 1 aliphatic heterocycles. The number of thiazole rings is 1. The number of anilines is 1. The summed E-state index contributed by atoms with van der Waals surface area (Å²) < 4.78 is 7.16. The van der Waals surface area contributed by atoms with Crippen LogP contribution in [0.1, 0.15) is 16.7 Å². The van der Waals surface area contributed by atoms with Gasteiger partial charge in [-0.1, -0.05) is 6.07 Å². The lowest BCUT2D eigenvalue weighted by atomic mass is 10.1. The summed E-state index contributed by atoms with van der Waals surface area (Å²) in [5.74, 6) is 0.270. The normalized spacial score (nSPS) is 13.5. The Kier molecular flexibility index (Phi) is 5.84. The number of amides is 1. The van der Waals surface area contributed by atoms with E-state index in [1.807, 2.05) is 48.7 Å². The average molecular weight is 487 g/mol. The molecule has 9 heteroatoms. The van der Waals surface area contributed by atoms with E-state index in [9.17, 15) is 15.0 Å². The molecule has 0 atom stereocenters. The second-order valence-corrected chi connectivity index (χ2v) is 8.97. The van der Waals surface area contributed by atoms with Crippen LogP contribution in [-0.2, 0) is 4.79 Å². The molecular formula is C26H22N4O4S. The number of hydrogen-bond acceptors (Lipinski definition) is 7. The summed E-state index contributed by atoms with van der Waals surface area (Å²) in [6.07, 6.45) is 1.51. The highest BCUT2D eigenvalue weighted by molar-refractivity contribution is 7.07. The first-order valence-corrected chi connectivity index (χ1v) is 11.7. The van der Waals surface area contributed by atoms with Crippen LogP contribution in [0.2, 0.25) is 0 Å². The Morgan fingerprint density at radius 2 is 1.91 bits per heavy atom. The van der Waals surface area contributed by atoms with Gasteiger partial charge < -0.3 is 20.3 Å². The number of carbonyl (C=O) groups excluding carboxylic acids is 1. The van der Waals surface area contributed by atoms with Crippen molar-refractivity contribution in [2.75, 3.05) is 11.9 Å². The van der Waals surface area contributed by atoms with E-state index in [-0.39, 0.29) is 24.0 Å². The maximum atomic E-state index is 11.8. The number of rotatable bonds is 4. The van der Waals surface area contributed by atoms with Crippen LogP contribution in [0.15, 0.2) is 70.1 Å². The van der Waals surface area contributed by atoms with Gasteiger partial charge in [-0.3, -0.25) is 4.79 Å². The van der Waals surface area contributed by atoms with Crippen molar-refractivity contribution < 1.29 is 19.7 Å². The third-order valence-electron chi connectivity index (χ3n) is 5.64. The van der Waals surface area contributed by atoms with Crippen molar-refractivity contribution in [1.29, 1.82) is 0 Å². The van der Waals surface area contributed by atoms with Crippen molar-refractivity contribution in [3.05, 3.63) is 81.5 Å². The fourth-order valence-corrected chi connectivity index (χ4v) is 4.45. The second kappa shape index (κ2) is 9.11. The number of nitrogens with zero attached hydrogens (tertiary/aromatic N) is 3. The van der Waals surface area contributed by atoms with E-state index in [1.54, 1.807) is 10.7 Å². The van der Waals surface area contributed by atoms with Crippen LogP contribution in [0.5, 0.6) is 17.2 Å². The number of phenolic OH excluding ortho intramolecular Hbond substituents is 2. The van der Waals surface area contributed by atoms with Crippen molar-refractivity contribution in [2.45, 2.75) is 13.8 Å². The molecule has 0 fully saturated rings. The van der Waals surface area contributed by atoms with Gasteiger partial charge in [0.1, 0.15) is 17.2 Å². The van der Waals surface area contributed by atoms with Crippen molar-refractivity contribution in [3.63, 3.8) is 0 Å². The first-order valence-electron chi connectivity index (χ1n) is 10.8. The summed E-state index contributed by atoms with van der Waals surface area (Å²) in [4.78, 5) is 17.2. The third-order valence-corrected chi connectivity index (χ3v) is 6.45. The predicted octanol–water partition coefficient (Wildman–Crippen LogP) is 4.69. The molecule has 3 N–H and O–H groups in total. The first-order chi connectivity index (χ1) is 16.9. The topological polar surface area (TPSA) is 108 Å². The highest BCUT2D eigenvalue weighted by atomic mass is 32.1. The SMILES string of the molecule is Cc1ccc(N=c2scc(-c3ccc4c(c3)NC(=O)CO4)n2N=Cc2ccc(O)cc2O)cc1C. The molecular weight excluding hydrogens is 464 g/mol. The van der Waals surface area contributed by atoms with Crippen LogP contribution in [0.4, 0.5) is 11.4 Å². The lowest BCUT2D eigenvalue weighted by Crippen LogP contribution is -2.25. The maximum Gasteiger partial charge on any atom is 0.262 e. The number of aryl methyl sites for hydroxylation is 2. The molecule has 1 aromatic heterocycles. The molecule has 0 saturated heterocycles. The van der Waals surface area contributed by atoms with E-state index in [1.165, 1.54) is 35.2 Å². The molecule has 3 aromatic carbocycles. The first kappa shape index (κ1) is 22.4. The van der Waals surface area contributed by atoms with Crippen molar-refractivity contribution in [2.24, 2.45) is 10.1 Å². The maximum absolute atomic E-state index is 11.8. The lowest BCUT2D eigenvalue weighted by Gasteiger charge is -2.18. The quantitative estimate of drug-likeness (QED) is 0.364. The summed E-state index contributed by atoms with van der Waals surface area (Å²) in [5.41, 5.74) is 5.69. The summed E-state index contributed by atoms with van der Waals surface area (Å²) in [6.45, 7) is 4.08. The minimum absolute atomic E-state index is 0.00971. The third kappa shape index (κ3) is 4.67. The molecule has 0 saturated carbocycles. The van der Waals surface area contributed by atoms with E-state index >= 15 is 0 Å². The van der Waals surface area contributed by atoms with Gasteiger partial charge in [0, 0.05) is 22.6 Å². The van der Waals surface area contributed by atoms with Crippen LogP contribution >= 0.6 is 11.3 Å². The average Bonchev–Trinajstić information content (AvgIpc) is 3.22. The van der Waals surface area contributed by atoms with Crippen LogP contribution < -0.4 is 14.9 Å². The van der Waals surface area contributed by atoms with Gasteiger partial charge in [0.25, 0.3) is 5.91 Å². The fraction of sp³-hybridized carbons (Fsp3) is 0.115. The van der Waals surface area contributed by atoms with Crippen LogP contribution in [-0.4, -0.2) is 33.6 Å². The van der Waals surface area contributed by atoms with Crippen LogP contribution in [0.3, 0.4) is 0 Å². The van der Waals surface area contributed by atoms with Crippen molar-refractivity contribution in [3.8, 4) is 28.5 Å². The zero-order chi connectivity index (χ0) is 24.5. The Morgan fingerprint density at radius 3 is 2.71 bits per heavy atom. The predicted molar refractivity (Wildman–Crippen MR) is 136 cm³/mol. The molecule has 5 rings (SSSR count). The number of carbonyl (C=O) groups is 1. The molecule has 176 valence electrons. The Bertz CT molecular complexity index is 1550. The van der Waals surface area contributed by atoms with Gasteiger partial charge in [-0.15, -0.1) is 11.3 Å². The Balaban J connectivity index is 1.64. The number of nitrogens with one attached hydrogen (secondary N) is 1. The van der Waals surface area contributed by atoms with E-state index in [2.05, 4.69) is 17.3 Å². The zero-order valence-corrected chi connectivity index (χ0v) is 19.8. The van der Waals surface area contributed by atoms with E-state index < -0.39 is 0 Å². The molecule has 0 bridgehead atoms. The molecule has 0 unspecified atom stereocenters. The van der Waals surface area contributed by atoms with Gasteiger partial charge >= 0.3 is 0 Å². The molecule has 1 amide bonds. The second-order valence-electron chi connectivity index (χ2n) is 8.13. The lowest BCUT2D eigenvalue weighted by molar-refractivity contribution is -0.118. The number of benzene rings is 3. The zero-order valence-electron chi connectivity index (χ0n) is 19.0. The highest BCUT2D eigenvalue weighted by Crippen LogP contribution is 2.33. The fourth-order valence-electron chi connectivity index (χ4n) is 3.60. The van der Waals surface area contributed by atoms with Gasteiger partial charge in [-0.25, -0.2) is 9.67 Å². The minimum Gasteiger partial charge on any atom is -0.508 e. The summed E-state index contributed by atoms with van der Waals surface area (Å²) in [7, 11) is 0. The Labute approximate surface area is 205 Å². The van der Waals surface area contributed by atoms with Gasteiger partial charge in [0.2, 0.25) is 4.80 Å². The van der Waals surface area contributed by atoms with E-state index in [0.29, 0.717) is 21.8 Å². The highest BCUT2D eigenvalue weighted by Gasteiger charge is 2.18. The number of ether oxygens (including phenoxy) is 1. The molecule has 0 aliphatic carbocycles. The molecule has 0 spiro atoms. The summed E-state index contributed by atoms with van der Waals surface area (Å²) >= 11 is 1.42. The number of hydrogen-bond donors (Lipinski definition) is 3. The molecule has 8 nitrogen and oxygen atoms in total. The van der Waals surface area contributed by atoms with Gasteiger partial charge in [0.15, 0.2) is 6.61 Å². The molecule has 2 heterocycles. The van der Waals surface area contributed by atoms with Crippen molar-refractivity contribution in [1.82, 2.24) is 4.68 Å². The molecule has 35 heavy (non-hydrogen) atoms. The van der Waals surface area contributed by atoms with Crippen LogP contribution in [0, 0.1) is 13.8 Å². The standard InChI is InChI=1S/C26H22N4O4S/c1-15-3-6-19(9-16(15)2)28-26-30(27-12-18-4-7-20(31)11-23(18)32)22(14-35-26)17-5-8-24-21(10-17)29-25(33)13-34-24/h3-12,14,31-32H,13H2,1-2H3,(H,29,33). The Morgan fingerprint density at radius 1 is 1.06 bits per heavy atom. The Hall–Kier alpha value is -4.37. The number of aromatic nitrogens is 1. The number of fused-ring (bicyclic) bond motifs is 1. The van der Waals surface area contributed by atoms with E-state index in [0.717, 1.165) is 22.5 Å². The molecule has 4 aromatic rings. The number of phenols is 2. The minimum atomic E-state index is -0.209.